The van der Waals surface area contributed by atoms with Crippen LogP contribution in [-0.2, 0) is 4.79 Å². The minimum absolute atomic E-state index is 0.0970. The summed E-state index contributed by atoms with van der Waals surface area (Å²) in [6.45, 7) is 4.09. The molecular weight excluding hydrogens is 266 g/mol. The number of nitrogens with zero attached hydrogens (tertiary/aromatic N) is 2. The number of carbonyl (C=O) groups excluding carboxylic acids is 1. The van der Waals surface area contributed by atoms with Crippen molar-refractivity contribution < 1.29 is 4.79 Å². The molecule has 0 unspecified atom stereocenters. The van der Waals surface area contributed by atoms with Gasteiger partial charge in [0.15, 0.2) is 5.96 Å². The first-order chi connectivity index (χ1) is 10.2. The maximum atomic E-state index is 11.1. The minimum Gasteiger partial charge on any atom is -0.369 e. The van der Waals surface area contributed by atoms with Crippen molar-refractivity contribution in [2.45, 2.75) is 44.6 Å². The number of nitrogens with one attached hydrogen (secondary N) is 2. The van der Waals surface area contributed by atoms with E-state index in [2.05, 4.69) is 20.5 Å². The van der Waals surface area contributed by atoms with Gasteiger partial charge in [-0.3, -0.25) is 9.79 Å². The zero-order chi connectivity index (χ0) is 15.1. The molecule has 6 nitrogen and oxygen atoms in total. The molecule has 1 aliphatic heterocycles. The molecule has 0 spiro atoms. The molecule has 6 heteroatoms. The van der Waals surface area contributed by atoms with Crippen LogP contribution in [0.2, 0.25) is 0 Å². The maximum absolute atomic E-state index is 11.1. The molecule has 1 saturated carbocycles. The highest BCUT2D eigenvalue weighted by atomic mass is 16.1. The van der Waals surface area contributed by atoms with E-state index in [0.29, 0.717) is 6.04 Å². The largest absolute Gasteiger partial charge is 0.369 e. The smallest absolute Gasteiger partial charge is 0.220 e. The van der Waals surface area contributed by atoms with Crippen LogP contribution in [0.25, 0.3) is 0 Å². The van der Waals surface area contributed by atoms with E-state index in [0.717, 1.165) is 51.4 Å². The second kappa shape index (κ2) is 8.22. The van der Waals surface area contributed by atoms with Gasteiger partial charge in [-0.15, -0.1) is 0 Å². The summed E-state index contributed by atoms with van der Waals surface area (Å²) >= 11 is 0. The van der Waals surface area contributed by atoms with Crippen molar-refractivity contribution in [1.29, 1.82) is 0 Å². The van der Waals surface area contributed by atoms with Gasteiger partial charge in [-0.25, -0.2) is 0 Å². The van der Waals surface area contributed by atoms with Gasteiger partial charge in [-0.1, -0.05) is 0 Å². The summed E-state index contributed by atoms with van der Waals surface area (Å²) in [5.41, 5.74) is 5.35. The third-order valence-electron chi connectivity index (χ3n) is 4.33. The molecule has 2 fully saturated rings. The van der Waals surface area contributed by atoms with Gasteiger partial charge in [0.05, 0.1) is 0 Å². The van der Waals surface area contributed by atoms with Gasteiger partial charge in [0.2, 0.25) is 5.91 Å². The molecule has 2 rings (SSSR count). The van der Waals surface area contributed by atoms with E-state index in [1.807, 2.05) is 7.05 Å². The first-order valence-electron chi connectivity index (χ1n) is 8.18. The molecule has 120 valence electrons. The van der Waals surface area contributed by atoms with E-state index in [1.165, 1.54) is 19.3 Å². The quantitative estimate of drug-likeness (QED) is 0.358. The van der Waals surface area contributed by atoms with E-state index in [9.17, 15) is 4.79 Å². The topological polar surface area (TPSA) is 82.8 Å². The number of rotatable bonds is 7. The van der Waals surface area contributed by atoms with Crippen molar-refractivity contribution in [1.82, 2.24) is 15.5 Å². The molecule has 0 radical (unpaired) electrons. The van der Waals surface area contributed by atoms with Gasteiger partial charge in [0.1, 0.15) is 0 Å². The molecule has 0 bridgehead atoms. The fourth-order valence-corrected chi connectivity index (χ4v) is 2.72. The highest BCUT2D eigenvalue weighted by Crippen LogP contribution is 2.18. The fraction of sp³-hybridized carbons (Fsp3) is 0.867. The lowest BCUT2D eigenvalue weighted by atomic mass is 9.96. The predicted octanol–water partition coefficient (Wildman–Crippen LogP) is 0.291. The normalized spacial score (nSPS) is 21.3. The van der Waals surface area contributed by atoms with Crippen LogP contribution in [-0.4, -0.2) is 56.0 Å². The third kappa shape index (κ3) is 5.91. The first-order valence-corrected chi connectivity index (χ1v) is 8.18. The summed E-state index contributed by atoms with van der Waals surface area (Å²) in [7, 11) is 1.82. The van der Waals surface area contributed by atoms with Crippen LogP contribution in [0, 0.1) is 5.92 Å². The van der Waals surface area contributed by atoms with Crippen molar-refractivity contribution in [3.05, 3.63) is 0 Å². The Morgan fingerprint density at radius 1 is 1.24 bits per heavy atom. The zero-order valence-corrected chi connectivity index (χ0v) is 13.1. The van der Waals surface area contributed by atoms with Gasteiger partial charge in [-0.05, 0) is 58.2 Å². The fourth-order valence-electron chi connectivity index (χ4n) is 2.72. The Morgan fingerprint density at radius 2 is 1.95 bits per heavy atom. The van der Waals surface area contributed by atoms with Gasteiger partial charge in [-0.2, -0.15) is 0 Å². The number of hydrogen-bond acceptors (Lipinski definition) is 3. The second-order valence-electron chi connectivity index (χ2n) is 6.14. The average molecular weight is 295 g/mol. The summed E-state index contributed by atoms with van der Waals surface area (Å²) in [4.78, 5) is 17.8. The van der Waals surface area contributed by atoms with Crippen molar-refractivity contribution >= 4 is 11.9 Å². The van der Waals surface area contributed by atoms with Gasteiger partial charge < -0.3 is 21.3 Å². The number of carbonyl (C=O) groups is 1. The van der Waals surface area contributed by atoms with Crippen LogP contribution in [0.15, 0.2) is 4.99 Å². The van der Waals surface area contributed by atoms with Crippen LogP contribution in [0.5, 0.6) is 0 Å². The van der Waals surface area contributed by atoms with Crippen molar-refractivity contribution in [3.63, 3.8) is 0 Å². The van der Waals surface area contributed by atoms with Crippen LogP contribution in [0.4, 0.5) is 0 Å². The van der Waals surface area contributed by atoms with E-state index in [4.69, 9.17) is 5.73 Å². The molecule has 1 heterocycles. The number of aliphatic imine (C=N–C) groups is 1. The number of guanidine groups is 1. The van der Waals surface area contributed by atoms with Crippen LogP contribution in [0.3, 0.4) is 0 Å². The van der Waals surface area contributed by atoms with E-state index in [1.54, 1.807) is 0 Å². The Hall–Kier alpha value is -1.30. The summed E-state index contributed by atoms with van der Waals surface area (Å²) in [5.74, 6) is 0.896. The number of likely N-dealkylation sites (tertiary alicyclic amines) is 1. The molecule has 1 saturated heterocycles. The standard InChI is InChI=1S/C15H29N5O/c1-17-15(19-13-4-5-13)18-8-2-3-9-20-10-6-12(7-11-20)14(16)21/h12-13H,2-11H2,1H3,(H2,16,21)(H2,17,18,19). The van der Waals surface area contributed by atoms with Gasteiger partial charge in [0.25, 0.3) is 0 Å². The van der Waals surface area contributed by atoms with Gasteiger partial charge >= 0.3 is 0 Å². The Balaban J connectivity index is 1.49. The summed E-state index contributed by atoms with van der Waals surface area (Å²) in [5, 5.41) is 6.74. The maximum Gasteiger partial charge on any atom is 0.220 e. The second-order valence-corrected chi connectivity index (χ2v) is 6.14. The number of unbranched alkanes of at least 4 members (excludes halogenated alkanes) is 1. The lowest BCUT2D eigenvalue weighted by Gasteiger charge is -2.30. The number of piperidine rings is 1. The van der Waals surface area contributed by atoms with Crippen molar-refractivity contribution in [2.24, 2.45) is 16.6 Å². The molecule has 1 aliphatic carbocycles. The predicted molar refractivity (Wildman–Crippen MR) is 85.1 cm³/mol. The molecule has 1 amide bonds. The highest BCUT2D eigenvalue weighted by Gasteiger charge is 2.23. The molecule has 0 aromatic rings. The zero-order valence-electron chi connectivity index (χ0n) is 13.1. The van der Waals surface area contributed by atoms with Crippen LogP contribution >= 0.6 is 0 Å². The van der Waals surface area contributed by atoms with E-state index >= 15 is 0 Å². The Kier molecular flexibility index (Phi) is 6.29. The Bertz CT molecular complexity index is 359. The minimum atomic E-state index is -0.131. The number of nitrogens with two attached hydrogens (primary N) is 1. The Labute approximate surface area is 127 Å². The average Bonchev–Trinajstić information content (AvgIpc) is 3.30. The SMILES string of the molecule is CN=C(NCCCCN1CCC(C(N)=O)CC1)NC1CC1. The van der Waals surface area contributed by atoms with E-state index in [-0.39, 0.29) is 11.8 Å². The summed E-state index contributed by atoms with van der Waals surface area (Å²) < 4.78 is 0. The first kappa shape index (κ1) is 16.1. The lowest BCUT2D eigenvalue weighted by molar-refractivity contribution is -0.123. The van der Waals surface area contributed by atoms with Crippen LogP contribution < -0.4 is 16.4 Å². The highest BCUT2D eigenvalue weighted by molar-refractivity contribution is 5.80. The number of hydrogen-bond donors (Lipinski definition) is 3. The third-order valence-corrected chi connectivity index (χ3v) is 4.33. The summed E-state index contributed by atoms with van der Waals surface area (Å²) in [6, 6.07) is 0.641. The molecule has 0 aromatic carbocycles. The molecular formula is C15H29N5O. The molecule has 0 atom stereocenters. The lowest BCUT2D eigenvalue weighted by Crippen LogP contribution is -2.40. The monoisotopic (exact) mass is 295 g/mol. The number of primary amides is 1. The Morgan fingerprint density at radius 3 is 2.52 bits per heavy atom. The van der Waals surface area contributed by atoms with Crippen LogP contribution in [0.1, 0.15) is 38.5 Å². The van der Waals surface area contributed by atoms with Gasteiger partial charge in [0, 0.05) is 25.6 Å². The van der Waals surface area contributed by atoms with Crippen molar-refractivity contribution in [3.8, 4) is 0 Å². The molecule has 2 aliphatic rings. The summed E-state index contributed by atoms with van der Waals surface area (Å²) in [6.07, 6.45) is 6.69. The molecule has 4 N–H and O–H groups in total. The van der Waals surface area contributed by atoms with E-state index < -0.39 is 0 Å². The number of amides is 1. The molecule has 0 aromatic heterocycles. The molecule has 21 heavy (non-hydrogen) atoms. The van der Waals surface area contributed by atoms with Crippen molar-refractivity contribution in [2.75, 3.05) is 33.2 Å².